The van der Waals surface area contributed by atoms with Gasteiger partial charge in [0, 0.05) is 37.7 Å². The van der Waals surface area contributed by atoms with Gasteiger partial charge in [0.05, 0.1) is 36.3 Å². The van der Waals surface area contributed by atoms with Gasteiger partial charge in [-0.15, -0.1) is 0 Å². The van der Waals surface area contributed by atoms with Crippen molar-refractivity contribution in [3.8, 4) is 0 Å². The van der Waals surface area contributed by atoms with Crippen LogP contribution in [0.5, 0.6) is 0 Å². The molecule has 43 heavy (non-hydrogen) atoms. The van der Waals surface area contributed by atoms with E-state index in [9.17, 15) is 45.7 Å². The molecule has 0 spiro atoms. The summed E-state index contributed by atoms with van der Waals surface area (Å²) < 4.78 is 94.0. The van der Waals surface area contributed by atoms with Crippen molar-refractivity contribution in [2.24, 2.45) is 5.92 Å². The number of amides is 1. The SMILES string of the molecule is CC(F)(F)c1cccc(C(O)CC[C@H](c2cn3ncc([C@@H](O)NC(=O)CCC(F)(F)F)cc3n2)C2CCC(F)(F)CC2)n1. The highest BCUT2D eigenvalue weighted by atomic mass is 19.4. The Morgan fingerprint density at radius 3 is 2.44 bits per heavy atom. The number of carbonyl (C=O) groups is 1. The second-order valence-electron chi connectivity index (χ2n) is 11.1. The summed E-state index contributed by atoms with van der Waals surface area (Å²) in [5.74, 6) is -7.64. The second-order valence-corrected chi connectivity index (χ2v) is 11.1. The molecule has 3 aromatic heterocycles. The highest BCUT2D eigenvalue weighted by Gasteiger charge is 2.39. The third-order valence-electron chi connectivity index (χ3n) is 7.63. The number of aromatic nitrogens is 4. The number of nitrogens with one attached hydrogen (secondary N) is 1. The Labute approximate surface area is 242 Å². The zero-order chi connectivity index (χ0) is 31.6. The van der Waals surface area contributed by atoms with Crippen LogP contribution in [-0.4, -0.2) is 47.8 Å². The van der Waals surface area contributed by atoms with Crippen LogP contribution in [0.25, 0.3) is 5.65 Å². The number of carbonyl (C=O) groups excluding carboxylic acids is 1. The molecule has 236 valence electrons. The lowest BCUT2D eigenvalue weighted by Crippen LogP contribution is -2.29. The fourth-order valence-electron chi connectivity index (χ4n) is 5.26. The molecule has 4 rings (SSSR count). The van der Waals surface area contributed by atoms with Crippen molar-refractivity contribution in [2.75, 3.05) is 0 Å². The van der Waals surface area contributed by atoms with Crippen LogP contribution in [0.3, 0.4) is 0 Å². The number of fused-ring (bicyclic) bond motifs is 1. The predicted octanol–water partition coefficient (Wildman–Crippen LogP) is 6.11. The summed E-state index contributed by atoms with van der Waals surface area (Å²) in [5, 5.41) is 27.3. The summed E-state index contributed by atoms with van der Waals surface area (Å²) in [6.45, 7) is 0.699. The van der Waals surface area contributed by atoms with Crippen molar-refractivity contribution in [3.05, 3.63) is 59.3 Å². The van der Waals surface area contributed by atoms with E-state index >= 15 is 0 Å². The van der Waals surface area contributed by atoms with Gasteiger partial charge in [-0.25, -0.2) is 23.3 Å². The van der Waals surface area contributed by atoms with E-state index in [1.807, 2.05) is 0 Å². The summed E-state index contributed by atoms with van der Waals surface area (Å²) in [4.78, 5) is 20.3. The fourth-order valence-corrected chi connectivity index (χ4v) is 5.26. The van der Waals surface area contributed by atoms with Crippen molar-refractivity contribution >= 4 is 11.6 Å². The van der Waals surface area contributed by atoms with Crippen molar-refractivity contribution in [2.45, 2.75) is 94.6 Å². The summed E-state index contributed by atoms with van der Waals surface area (Å²) in [6, 6.07) is 5.34. The zero-order valence-electron chi connectivity index (χ0n) is 23.2. The van der Waals surface area contributed by atoms with E-state index < -0.39 is 60.7 Å². The first kappa shape index (κ1) is 32.6. The molecular formula is C28H32F7N5O3. The van der Waals surface area contributed by atoms with Gasteiger partial charge in [-0.2, -0.15) is 27.1 Å². The molecule has 1 amide bonds. The summed E-state index contributed by atoms with van der Waals surface area (Å²) in [5.41, 5.74) is 0.324. The maximum Gasteiger partial charge on any atom is 0.389 e. The Kier molecular flexibility index (Phi) is 9.64. The van der Waals surface area contributed by atoms with Crippen LogP contribution in [-0.2, 0) is 10.7 Å². The summed E-state index contributed by atoms with van der Waals surface area (Å²) in [6.07, 6.45) is -6.71. The number of alkyl halides is 7. The molecule has 0 aliphatic heterocycles. The normalized spacial score (nSPS) is 18.4. The molecule has 3 aromatic rings. The minimum Gasteiger partial charge on any atom is -0.387 e. The maximum absolute atomic E-state index is 13.9. The summed E-state index contributed by atoms with van der Waals surface area (Å²) in [7, 11) is 0. The van der Waals surface area contributed by atoms with E-state index in [-0.39, 0.29) is 61.3 Å². The topological polar surface area (TPSA) is 113 Å². The molecule has 0 aromatic carbocycles. The molecule has 1 fully saturated rings. The molecule has 8 nitrogen and oxygen atoms in total. The molecule has 3 atom stereocenters. The Bertz CT molecular complexity index is 1400. The molecule has 0 radical (unpaired) electrons. The maximum atomic E-state index is 13.9. The van der Waals surface area contributed by atoms with Gasteiger partial charge in [0.2, 0.25) is 11.8 Å². The van der Waals surface area contributed by atoms with Crippen LogP contribution in [0.15, 0.2) is 36.7 Å². The molecule has 0 saturated heterocycles. The highest BCUT2D eigenvalue weighted by molar-refractivity contribution is 5.76. The first-order valence-corrected chi connectivity index (χ1v) is 13.8. The number of hydrogen-bond acceptors (Lipinski definition) is 6. The lowest BCUT2D eigenvalue weighted by Gasteiger charge is -2.33. The minimum atomic E-state index is -4.53. The number of nitrogens with zero attached hydrogens (tertiary/aromatic N) is 4. The number of rotatable bonds is 11. The van der Waals surface area contributed by atoms with Gasteiger partial charge in [0.1, 0.15) is 5.69 Å². The molecule has 1 aliphatic rings. The smallest absolute Gasteiger partial charge is 0.387 e. The quantitative estimate of drug-likeness (QED) is 0.177. The largest absolute Gasteiger partial charge is 0.389 e. The van der Waals surface area contributed by atoms with E-state index in [0.717, 1.165) is 6.07 Å². The number of halogens is 7. The number of pyridine rings is 1. The van der Waals surface area contributed by atoms with Gasteiger partial charge in [-0.3, -0.25) is 4.79 Å². The number of hydrogen-bond donors (Lipinski definition) is 3. The van der Waals surface area contributed by atoms with E-state index in [4.69, 9.17) is 0 Å². The average Bonchev–Trinajstić information content (AvgIpc) is 3.35. The van der Waals surface area contributed by atoms with Crippen LogP contribution < -0.4 is 5.32 Å². The number of imidazole rings is 1. The molecule has 0 bridgehead atoms. The van der Waals surface area contributed by atoms with Crippen LogP contribution in [0, 0.1) is 5.92 Å². The van der Waals surface area contributed by atoms with Gasteiger partial charge in [0.15, 0.2) is 11.9 Å². The third kappa shape index (κ3) is 8.85. The molecule has 15 heteroatoms. The predicted molar refractivity (Wildman–Crippen MR) is 139 cm³/mol. The van der Waals surface area contributed by atoms with E-state index in [1.54, 1.807) is 6.20 Å². The van der Waals surface area contributed by atoms with Crippen LogP contribution in [0.1, 0.15) is 99.2 Å². The van der Waals surface area contributed by atoms with E-state index in [2.05, 4.69) is 20.4 Å². The molecule has 3 N–H and O–H groups in total. The molecule has 1 aliphatic carbocycles. The molecule has 1 unspecified atom stereocenters. The standard InChI is InChI=1S/C28H32F7N5O3/c1-26(29,30)22-4-2-3-19(37-22)21(41)6-5-18(16-7-10-27(31,32)11-8-16)20-15-40-23(38-20)13-17(14-36-40)25(43)39-24(42)9-12-28(33,34)35/h2-4,13-16,18,21,25,41,43H,5-12H2,1H3,(H,39,42)/t18-,21?,25+/m0/s1. The average molecular weight is 620 g/mol. The monoisotopic (exact) mass is 619 g/mol. The second kappa shape index (κ2) is 12.7. The Morgan fingerprint density at radius 1 is 1.09 bits per heavy atom. The molecule has 1 saturated carbocycles. The Morgan fingerprint density at radius 2 is 1.79 bits per heavy atom. The van der Waals surface area contributed by atoms with E-state index in [0.29, 0.717) is 12.6 Å². The van der Waals surface area contributed by atoms with Gasteiger partial charge in [0.25, 0.3) is 5.92 Å². The lowest BCUT2D eigenvalue weighted by molar-refractivity contribution is -0.145. The fraction of sp³-hybridized carbons (Fsp3) is 0.571. The van der Waals surface area contributed by atoms with Crippen molar-refractivity contribution in [1.29, 1.82) is 0 Å². The van der Waals surface area contributed by atoms with Gasteiger partial charge < -0.3 is 15.5 Å². The Balaban J connectivity index is 1.52. The van der Waals surface area contributed by atoms with Gasteiger partial charge in [-0.05, 0) is 49.8 Å². The molecule has 3 heterocycles. The van der Waals surface area contributed by atoms with Gasteiger partial charge in [-0.1, -0.05) is 6.07 Å². The summed E-state index contributed by atoms with van der Waals surface area (Å²) >= 11 is 0. The van der Waals surface area contributed by atoms with Crippen LogP contribution in [0.4, 0.5) is 30.7 Å². The first-order valence-electron chi connectivity index (χ1n) is 13.8. The lowest BCUT2D eigenvalue weighted by atomic mass is 9.75. The van der Waals surface area contributed by atoms with Crippen LogP contribution in [0.2, 0.25) is 0 Å². The Hall–Kier alpha value is -3.33. The van der Waals surface area contributed by atoms with Crippen molar-refractivity contribution < 1.29 is 45.7 Å². The first-order chi connectivity index (χ1) is 20.0. The van der Waals surface area contributed by atoms with Crippen LogP contribution >= 0.6 is 0 Å². The third-order valence-corrected chi connectivity index (χ3v) is 7.63. The highest BCUT2D eigenvalue weighted by Crippen LogP contribution is 2.44. The number of aliphatic hydroxyl groups excluding tert-OH is 2. The van der Waals surface area contributed by atoms with Crippen molar-refractivity contribution in [3.63, 3.8) is 0 Å². The molecular weight excluding hydrogens is 587 g/mol. The van der Waals surface area contributed by atoms with Crippen molar-refractivity contribution in [1.82, 2.24) is 24.9 Å². The number of aliphatic hydroxyl groups is 2. The zero-order valence-corrected chi connectivity index (χ0v) is 23.2. The minimum absolute atomic E-state index is 0.0560. The van der Waals surface area contributed by atoms with E-state index in [1.165, 1.54) is 28.9 Å². The van der Waals surface area contributed by atoms with Gasteiger partial charge >= 0.3 is 6.18 Å².